The van der Waals surface area contributed by atoms with E-state index in [1.165, 1.54) is 6.33 Å². The Hall–Kier alpha value is -2.70. The van der Waals surface area contributed by atoms with Crippen molar-refractivity contribution in [2.24, 2.45) is 0 Å². The van der Waals surface area contributed by atoms with Gasteiger partial charge < -0.3 is 11.1 Å². The molecule has 0 amide bonds. The number of aryl methyl sites for hydroxylation is 1. The molecule has 0 radical (unpaired) electrons. The molecule has 2 aromatic rings. The summed E-state index contributed by atoms with van der Waals surface area (Å²) in [6.07, 6.45) is 1.18. The van der Waals surface area contributed by atoms with Gasteiger partial charge >= 0.3 is 5.69 Å². The number of nitrogens with one attached hydrogen (secondary N) is 1. The van der Waals surface area contributed by atoms with E-state index in [4.69, 9.17) is 5.73 Å². The van der Waals surface area contributed by atoms with Crippen LogP contribution < -0.4 is 11.1 Å². The van der Waals surface area contributed by atoms with E-state index in [1.807, 2.05) is 25.1 Å². The highest BCUT2D eigenvalue weighted by Crippen LogP contribution is 2.29. The fourth-order valence-corrected chi connectivity index (χ4v) is 1.50. The second kappa shape index (κ2) is 4.66. The van der Waals surface area contributed by atoms with Gasteiger partial charge in [-0.05, 0) is 18.6 Å². The second-order valence-electron chi connectivity index (χ2n) is 3.65. The predicted molar refractivity (Wildman–Crippen MR) is 67.6 cm³/mol. The van der Waals surface area contributed by atoms with Gasteiger partial charge in [0.15, 0.2) is 0 Å². The highest BCUT2D eigenvalue weighted by atomic mass is 16.6. The molecule has 0 aliphatic carbocycles. The quantitative estimate of drug-likeness (QED) is 0.632. The van der Waals surface area contributed by atoms with Gasteiger partial charge in [-0.1, -0.05) is 18.2 Å². The topological polar surface area (TPSA) is 107 Å². The third-order valence-corrected chi connectivity index (χ3v) is 2.43. The van der Waals surface area contributed by atoms with Crippen LogP contribution in [0.1, 0.15) is 5.56 Å². The molecule has 3 N–H and O–H groups in total. The minimum atomic E-state index is -0.601. The van der Waals surface area contributed by atoms with E-state index < -0.39 is 4.92 Å². The SMILES string of the molecule is Cc1ccccc1Nc1ncnc(N)c1[N+](=O)[O-]. The van der Waals surface area contributed by atoms with Crippen molar-refractivity contribution in [2.75, 3.05) is 11.1 Å². The van der Waals surface area contributed by atoms with Gasteiger partial charge in [-0.15, -0.1) is 0 Å². The van der Waals surface area contributed by atoms with Crippen LogP contribution in [0.2, 0.25) is 0 Å². The maximum atomic E-state index is 10.9. The van der Waals surface area contributed by atoms with Gasteiger partial charge in [-0.3, -0.25) is 10.1 Å². The van der Waals surface area contributed by atoms with Gasteiger partial charge in [0.1, 0.15) is 6.33 Å². The molecule has 0 bridgehead atoms. The molecule has 0 aliphatic heterocycles. The summed E-state index contributed by atoms with van der Waals surface area (Å²) in [5, 5.41) is 13.8. The van der Waals surface area contributed by atoms with Crippen LogP contribution in [0, 0.1) is 17.0 Å². The maximum Gasteiger partial charge on any atom is 0.353 e. The van der Waals surface area contributed by atoms with Gasteiger partial charge in [-0.2, -0.15) is 0 Å². The van der Waals surface area contributed by atoms with Crippen LogP contribution >= 0.6 is 0 Å². The molecule has 7 nitrogen and oxygen atoms in total. The van der Waals surface area contributed by atoms with Crippen molar-refractivity contribution in [3.8, 4) is 0 Å². The zero-order valence-corrected chi connectivity index (χ0v) is 9.62. The largest absolute Gasteiger partial charge is 0.378 e. The lowest BCUT2D eigenvalue weighted by Crippen LogP contribution is -2.05. The first-order valence-corrected chi connectivity index (χ1v) is 5.17. The molecule has 0 saturated carbocycles. The lowest BCUT2D eigenvalue weighted by molar-refractivity contribution is -0.383. The van der Waals surface area contributed by atoms with E-state index in [2.05, 4.69) is 15.3 Å². The van der Waals surface area contributed by atoms with Crippen molar-refractivity contribution in [3.05, 3.63) is 46.3 Å². The van der Waals surface area contributed by atoms with E-state index >= 15 is 0 Å². The third-order valence-electron chi connectivity index (χ3n) is 2.43. The average molecular weight is 245 g/mol. The van der Waals surface area contributed by atoms with Crippen molar-refractivity contribution in [1.29, 1.82) is 0 Å². The summed E-state index contributed by atoms with van der Waals surface area (Å²) in [5.74, 6) is -0.0760. The van der Waals surface area contributed by atoms with Crippen LogP contribution in [0.25, 0.3) is 0 Å². The maximum absolute atomic E-state index is 10.9. The van der Waals surface area contributed by atoms with Crippen LogP contribution in [0.5, 0.6) is 0 Å². The summed E-state index contributed by atoms with van der Waals surface area (Å²) in [6, 6.07) is 7.39. The Morgan fingerprint density at radius 1 is 1.33 bits per heavy atom. The molecule has 7 heteroatoms. The molecule has 0 spiro atoms. The number of aromatic nitrogens is 2. The molecule has 0 fully saturated rings. The molecule has 1 aromatic carbocycles. The zero-order valence-electron chi connectivity index (χ0n) is 9.62. The summed E-state index contributed by atoms with van der Waals surface area (Å²) in [7, 11) is 0. The first kappa shape index (κ1) is 11.8. The average Bonchev–Trinajstić information content (AvgIpc) is 2.31. The number of hydrogen-bond acceptors (Lipinski definition) is 6. The molecule has 2 rings (SSSR count). The first-order valence-electron chi connectivity index (χ1n) is 5.17. The van der Waals surface area contributed by atoms with E-state index in [0.29, 0.717) is 0 Å². The van der Waals surface area contributed by atoms with Crippen molar-refractivity contribution < 1.29 is 4.92 Å². The number of rotatable bonds is 3. The molecular weight excluding hydrogens is 234 g/mol. The third kappa shape index (κ3) is 2.19. The number of benzene rings is 1. The highest BCUT2D eigenvalue weighted by Gasteiger charge is 2.21. The van der Waals surface area contributed by atoms with Crippen molar-refractivity contribution in [1.82, 2.24) is 9.97 Å². The van der Waals surface area contributed by atoms with E-state index in [0.717, 1.165) is 11.3 Å². The number of nitrogen functional groups attached to an aromatic ring is 1. The predicted octanol–water partition coefficient (Wildman–Crippen LogP) is 2.02. The fourth-order valence-electron chi connectivity index (χ4n) is 1.50. The summed E-state index contributed by atoms with van der Waals surface area (Å²) in [4.78, 5) is 17.8. The molecule has 1 aromatic heterocycles. The summed E-state index contributed by atoms with van der Waals surface area (Å²) in [6.45, 7) is 1.89. The molecule has 0 atom stereocenters. The van der Waals surface area contributed by atoms with E-state index in [9.17, 15) is 10.1 Å². The monoisotopic (exact) mass is 245 g/mol. The number of nitro groups is 1. The van der Waals surface area contributed by atoms with Crippen LogP contribution in [-0.2, 0) is 0 Å². The number of hydrogen-bond donors (Lipinski definition) is 2. The number of para-hydroxylation sites is 1. The Balaban J connectivity index is 2.44. The van der Waals surface area contributed by atoms with Crippen molar-refractivity contribution in [3.63, 3.8) is 0 Å². The Kier molecular flexibility index (Phi) is 3.05. The molecule has 0 aliphatic rings. The molecule has 1 heterocycles. The van der Waals surface area contributed by atoms with E-state index in [1.54, 1.807) is 6.07 Å². The standard InChI is InChI=1S/C11H11N5O2/c1-7-4-2-3-5-8(7)15-11-9(16(17)18)10(12)13-6-14-11/h2-6H,1H3,(H3,12,13,14,15). The molecule has 18 heavy (non-hydrogen) atoms. The van der Waals surface area contributed by atoms with E-state index in [-0.39, 0.29) is 17.3 Å². The first-order chi connectivity index (χ1) is 8.59. The normalized spacial score (nSPS) is 10.1. The summed E-state index contributed by atoms with van der Waals surface area (Å²) < 4.78 is 0. The van der Waals surface area contributed by atoms with Crippen LogP contribution in [0.4, 0.5) is 23.0 Å². The Morgan fingerprint density at radius 3 is 2.72 bits per heavy atom. The van der Waals surface area contributed by atoms with Crippen LogP contribution in [0.3, 0.4) is 0 Å². The number of nitrogens with two attached hydrogens (primary N) is 1. The summed E-state index contributed by atoms with van der Waals surface area (Å²) in [5.41, 5.74) is 6.85. The minimum Gasteiger partial charge on any atom is -0.378 e. The van der Waals surface area contributed by atoms with Gasteiger partial charge in [-0.25, -0.2) is 9.97 Å². The fraction of sp³-hybridized carbons (Fsp3) is 0.0909. The lowest BCUT2D eigenvalue weighted by atomic mass is 10.2. The summed E-state index contributed by atoms with van der Waals surface area (Å²) >= 11 is 0. The van der Waals surface area contributed by atoms with Gasteiger partial charge in [0.05, 0.1) is 4.92 Å². The number of nitrogens with zero attached hydrogens (tertiary/aromatic N) is 3. The van der Waals surface area contributed by atoms with Crippen molar-refractivity contribution in [2.45, 2.75) is 6.92 Å². The zero-order chi connectivity index (χ0) is 13.1. The molecule has 0 unspecified atom stereocenters. The molecule has 0 saturated heterocycles. The molecular formula is C11H11N5O2. The van der Waals surface area contributed by atoms with Gasteiger partial charge in [0, 0.05) is 5.69 Å². The number of anilines is 3. The van der Waals surface area contributed by atoms with Crippen molar-refractivity contribution >= 4 is 23.0 Å². The van der Waals surface area contributed by atoms with Crippen LogP contribution in [-0.4, -0.2) is 14.9 Å². The Bertz CT molecular complexity index is 600. The highest BCUT2D eigenvalue weighted by molar-refractivity contribution is 5.73. The smallest absolute Gasteiger partial charge is 0.353 e. The van der Waals surface area contributed by atoms with Gasteiger partial charge in [0.2, 0.25) is 11.6 Å². The van der Waals surface area contributed by atoms with Crippen LogP contribution in [0.15, 0.2) is 30.6 Å². The minimum absolute atomic E-state index is 0.0850. The second-order valence-corrected chi connectivity index (χ2v) is 3.65. The lowest BCUT2D eigenvalue weighted by Gasteiger charge is -2.08. The Morgan fingerprint density at radius 2 is 2.06 bits per heavy atom. The molecule has 92 valence electrons. The van der Waals surface area contributed by atoms with Gasteiger partial charge in [0.25, 0.3) is 0 Å². The Labute approximate surface area is 103 Å².